The third-order valence-electron chi connectivity index (χ3n) is 3.81. The number of nitrogens with zero attached hydrogens (tertiary/aromatic N) is 1. The largest absolute Gasteiger partial charge is 0.455 e. The van der Waals surface area contributed by atoms with Crippen LogP contribution >= 0.6 is 0 Å². The lowest BCUT2D eigenvalue weighted by Crippen LogP contribution is -2.38. The first-order valence-corrected chi connectivity index (χ1v) is 9.87. The van der Waals surface area contributed by atoms with E-state index in [0.29, 0.717) is 17.2 Å². The molecule has 0 heterocycles. The molecule has 0 bridgehead atoms. The molecule has 0 radical (unpaired) electrons. The Kier molecular flexibility index (Phi) is 5.06. The Labute approximate surface area is 147 Å². The number of hydrogen-bond donors (Lipinski definition) is 1. The number of para-hydroxylation sites is 3. The maximum absolute atomic E-state index is 12.3. The number of ether oxygens (including phenoxy) is 1. The minimum absolute atomic E-state index is 0.0587. The molecule has 2 aromatic carbocycles. The van der Waals surface area contributed by atoms with Gasteiger partial charge in [-0.25, -0.2) is 8.42 Å². The lowest BCUT2D eigenvalue weighted by atomic mass is 10.3. The van der Waals surface area contributed by atoms with Crippen LogP contribution in [-0.2, 0) is 14.8 Å². The summed E-state index contributed by atoms with van der Waals surface area (Å²) in [6, 6.07) is 16.2. The first kappa shape index (κ1) is 17.4. The average molecular weight is 360 g/mol. The highest BCUT2D eigenvalue weighted by atomic mass is 32.2. The van der Waals surface area contributed by atoms with Crippen molar-refractivity contribution in [2.24, 2.45) is 0 Å². The van der Waals surface area contributed by atoms with E-state index in [-0.39, 0.29) is 18.5 Å². The Morgan fingerprint density at radius 3 is 2.40 bits per heavy atom. The number of nitrogens with one attached hydrogen (secondary N) is 1. The number of benzene rings is 2. The van der Waals surface area contributed by atoms with Crippen molar-refractivity contribution in [2.45, 2.75) is 18.9 Å². The highest BCUT2D eigenvalue weighted by Gasteiger charge is 2.36. The van der Waals surface area contributed by atoms with Crippen molar-refractivity contribution in [3.8, 4) is 11.5 Å². The summed E-state index contributed by atoms with van der Waals surface area (Å²) in [5.41, 5.74) is 0.501. The summed E-state index contributed by atoms with van der Waals surface area (Å²) in [4.78, 5) is 12.3. The molecule has 0 aliphatic heterocycles. The Morgan fingerprint density at radius 2 is 1.76 bits per heavy atom. The van der Waals surface area contributed by atoms with Crippen LogP contribution in [0, 0.1) is 0 Å². The minimum atomic E-state index is -3.41. The first-order valence-electron chi connectivity index (χ1n) is 8.02. The minimum Gasteiger partial charge on any atom is -0.455 e. The molecule has 6 nitrogen and oxygen atoms in total. The van der Waals surface area contributed by atoms with E-state index in [4.69, 9.17) is 4.74 Å². The van der Waals surface area contributed by atoms with Crippen LogP contribution in [0.25, 0.3) is 0 Å². The topological polar surface area (TPSA) is 75.7 Å². The SMILES string of the molecule is CS(=O)(=O)N(CC(=O)Nc1ccccc1Oc1ccccc1)C1CC1. The van der Waals surface area contributed by atoms with E-state index in [9.17, 15) is 13.2 Å². The molecular formula is C18H20N2O4S. The van der Waals surface area contributed by atoms with Crippen LogP contribution in [0.3, 0.4) is 0 Å². The van der Waals surface area contributed by atoms with Gasteiger partial charge in [0.25, 0.3) is 0 Å². The summed E-state index contributed by atoms with van der Waals surface area (Å²) in [5, 5.41) is 2.75. The predicted molar refractivity (Wildman–Crippen MR) is 96.2 cm³/mol. The molecule has 0 unspecified atom stereocenters. The normalized spacial score (nSPS) is 14.3. The molecule has 1 N–H and O–H groups in total. The first-order chi connectivity index (χ1) is 11.9. The molecule has 2 aromatic rings. The van der Waals surface area contributed by atoms with Crippen LogP contribution in [0.1, 0.15) is 12.8 Å². The zero-order valence-corrected chi connectivity index (χ0v) is 14.7. The lowest BCUT2D eigenvalue weighted by Gasteiger charge is -2.19. The van der Waals surface area contributed by atoms with Crippen molar-refractivity contribution >= 4 is 21.6 Å². The Morgan fingerprint density at radius 1 is 1.12 bits per heavy atom. The summed E-state index contributed by atoms with van der Waals surface area (Å²) in [6.07, 6.45) is 2.73. The highest BCUT2D eigenvalue weighted by molar-refractivity contribution is 7.88. The summed E-state index contributed by atoms with van der Waals surface area (Å²) >= 11 is 0. The molecule has 1 aliphatic carbocycles. The van der Waals surface area contributed by atoms with Gasteiger partial charge >= 0.3 is 0 Å². The molecule has 1 aliphatic rings. The number of anilines is 1. The third-order valence-corrected chi connectivity index (χ3v) is 5.09. The molecule has 3 rings (SSSR count). The molecule has 1 amide bonds. The van der Waals surface area contributed by atoms with Crippen molar-refractivity contribution in [3.63, 3.8) is 0 Å². The molecule has 0 aromatic heterocycles. The van der Waals surface area contributed by atoms with Gasteiger partial charge in [0.15, 0.2) is 5.75 Å². The molecule has 7 heteroatoms. The second-order valence-electron chi connectivity index (χ2n) is 6.00. The molecule has 25 heavy (non-hydrogen) atoms. The van der Waals surface area contributed by atoms with Crippen LogP contribution in [0.2, 0.25) is 0 Å². The Balaban J connectivity index is 1.71. The maximum atomic E-state index is 12.3. The van der Waals surface area contributed by atoms with Crippen LogP contribution in [0.5, 0.6) is 11.5 Å². The lowest BCUT2D eigenvalue weighted by molar-refractivity contribution is -0.116. The molecule has 0 atom stereocenters. The molecular weight excluding hydrogens is 340 g/mol. The third kappa shape index (κ3) is 4.80. The van der Waals surface area contributed by atoms with E-state index < -0.39 is 10.0 Å². The average Bonchev–Trinajstić information content (AvgIpc) is 3.39. The van der Waals surface area contributed by atoms with Gasteiger partial charge in [0, 0.05) is 6.04 Å². The van der Waals surface area contributed by atoms with Crippen molar-refractivity contribution < 1.29 is 17.9 Å². The van der Waals surface area contributed by atoms with Crippen LogP contribution < -0.4 is 10.1 Å². The molecule has 132 valence electrons. The fraction of sp³-hybridized carbons (Fsp3) is 0.278. The zero-order valence-electron chi connectivity index (χ0n) is 13.9. The summed E-state index contributed by atoms with van der Waals surface area (Å²) < 4.78 is 30.7. The molecule has 0 saturated heterocycles. The zero-order chi connectivity index (χ0) is 17.9. The summed E-state index contributed by atoms with van der Waals surface area (Å²) in [7, 11) is -3.41. The van der Waals surface area contributed by atoms with Gasteiger partial charge in [0.05, 0.1) is 18.5 Å². The fourth-order valence-electron chi connectivity index (χ4n) is 2.49. The smallest absolute Gasteiger partial charge is 0.239 e. The van der Waals surface area contributed by atoms with E-state index >= 15 is 0 Å². The molecule has 1 saturated carbocycles. The highest BCUT2D eigenvalue weighted by Crippen LogP contribution is 2.30. The number of hydrogen-bond acceptors (Lipinski definition) is 4. The van der Waals surface area contributed by atoms with Gasteiger partial charge < -0.3 is 10.1 Å². The Hall–Kier alpha value is -2.38. The van der Waals surface area contributed by atoms with E-state index in [1.165, 1.54) is 4.31 Å². The van der Waals surface area contributed by atoms with E-state index in [1.54, 1.807) is 24.3 Å². The fourth-order valence-corrected chi connectivity index (χ4v) is 3.59. The maximum Gasteiger partial charge on any atom is 0.239 e. The van der Waals surface area contributed by atoms with Gasteiger partial charge in [-0.05, 0) is 37.1 Å². The van der Waals surface area contributed by atoms with Gasteiger partial charge in [-0.2, -0.15) is 4.31 Å². The van der Waals surface area contributed by atoms with Gasteiger partial charge in [0.1, 0.15) is 5.75 Å². The summed E-state index contributed by atoms with van der Waals surface area (Å²) in [6.45, 7) is -0.191. The van der Waals surface area contributed by atoms with Crippen molar-refractivity contribution in [2.75, 3.05) is 18.1 Å². The quantitative estimate of drug-likeness (QED) is 0.824. The number of sulfonamides is 1. The van der Waals surface area contributed by atoms with Crippen LogP contribution in [0.4, 0.5) is 5.69 Å². The predicted octanol–water partition coefficient (Wildman–Crippen LogP) is 2.84. The monoisotopic (exact) mass is 360 g/mol. The van der Waals surface area contributed by atoms with E-state index in [2.05, 4.69) is 5.32 Å². The van der Waals surface area contributed by atoms with E-state index in [1.807, 2.05) is 30.3 Å². The second-order valence-corrected chi connectivity index (χ2v) is 7.93. The van der Waals surface area contributed by atoms with Crippen molar-refractivity contribution in [1.29, 1.82) is 0 Å². The number of carbonyl (C=O) groups is 1. The van der Waals surface area contributed by atoms with E-state index in [0.717, 1.165) is 19.1 Å². The van der Waals surface area contributed by atoms with Crippen LogP contribution in [0.15, 0.2) is 54.6 Å². The van der Waals surface area contributed by atoms with Gasteiger partial charge in [0.2, 0.25) is 15.9 Å². The Bertz CT molecular complexity index is 848. The van der Waals surface area contributed by atoms with Crippen molar-refractivity contribution in [3.05, 3.63) is 54.6 Å². The molecule has 0 spiro atoms. The standard InChI is InChI=1S/C18H20N2O4S/c1-25(22,23)20(14-11-12-14)13-18(21)19-16-9-5-6-10-17(16)24-15-7-3-2-4-8-15/h2-10,14H,11-13H2,1H3,(H,19,21). The number of rotatable bonds is 7. The summed E-state index contributed by atoms with van der Waals surface area (Å²) in [5.74, 6) is 0.765. The number of amides is 1. The van der Waals surface area contributed by atoms with Gasteiger partial charge in [-0.3, -0.25) is 4.79 Å². The van der Waals surface area contributed by atoms with Crippen LogP contribution in [-0.4, -0.2) is 37.5 Å². The van der Waals surface area contributed by atoms with Gasteiger partial charge in [-0.1, -0.05) is 30.3 Å². The second kappa shape index (κ2) is 7.25. The molecule has 1 fully saturated rings. The number of carbonyl (C=O) groups excluding carboxylic acids is 1. The van der Waals surface area contributed by atoms with Gasteiger partial charge in [-0.15, -0.1) is 0 Å². The van der Waals surface area contributed by atoms with Crippen molar-refractivity contribution in [1.82, 2.24) is 4.31 Å².